The van der Waals surface area contributed by atoms with Crippen molar-refractivity contribution in [1.82, 2.24) is 0 Å². The lowest BCUT2D eigenvalue weighted by Gasteiger charge is -2.23. The Morgan fingerprint density at radius 2 is 1.45 bits per heavy atom. The lowest BCUT2D eigenvalue weighted by atomic mass is 10.1. The molecule has 0 unspecified atom stereocenters. The van der Waals surface area contributed by atoms with Crippen LogP contribution in [-0.2, 0) is 9.47 Å². The van der Waals surface area contributed by atoms with E-state index in [0.717, 1.165) is 19.3 Å². The Kier molecular flexibility index (Phi) is 16.8. The van der Waals surface area contributed by atoms with Crippen molar-refractivity contribution in [1.29, 1.82) is 0 Å². The number of unbranched alkanes of at least 4 members (excludes halogenated alkanes) is 12. The van der Waals surface area contributed by atoms with E-state index in [-0.39, 0.29) is 13.2 Å². The molecule has 0 spiro atoms. The van der Waals surface area contributed by atoms with E-state index in [1.54, 1.807) is 0 Å². The van der Waals surface area contributed by atoms with Gasteiger partial charge in [0.1, 0.15) is 24.4 Å². The van der Waals surface area contributed by atoms with Gasteiger partial charge in [-0.25, -0.2) is 0 Å². The fraction of sp³-hybridized carbons (Fsp3) is 0.917. The minimum Gasteiger partial charge on any atom is -0.394 e. The zero-order valence-corrected chi connectivity index (χ0v) is 18.6. The lowest BCUT2D eigenvalue weighted by Crippen LogP contribution is -2.42. The summed E-state index contributed by atoms with van der Waals surface area (Å²) in [5, 5.41) is 28.6. The molecule has 0 radical (unpaired) electrons. The van der Waals surface area contributed by atoms with Gasteiger partial charge in [0.15, 0.2) is 0 Å². The predicted molar refractivity (Wildman–Crippen MR) is 118 cm³/mol. The standard InChI is InChI=1S/C24H46O5/c1-2-3-4-5-6-7-8-9-10-11-12-13-14-15-16-17-18-28-24-22(27)20-29-23(24)21(26)19-25/h14-15,21-27H,2-13,16-20H2,1H3/b15-14+/t21-,22+,23+,24+/m1/s1. The van der Waals surface area contributed by atoms with Crippen molar-refractivity contribution in [3.05, 3.63) is 12.2 Å². The first-order valence-electron chi connectivity index (χ1n) is 12.1. The van der Waals surface area contributed by atoms with Gasteiger partial charge in [0.25, 0.3) is 0 Å². The minimum atomic E-state index is -1.01. The quantitative estimate of drug-likeness (QED) is 0.214. The zero-order valence-electron chi connectivity index (χ0n) is 18.6. The first kappa shape index (κ1) is 26.6. The van der Waals surface area contributed by atoms with Crippen molar-refractivity contribution < 1.29 is 24.8 Å². The van der Waals surface area contributed by atoms with E-state index in [1.807, 2.05) is 0 Å². The fourth-order valence-electron chi connectivity index (χ4n) is 3.84. The summed E-state index contributed by atoms with van der Waals surface area (Å²) in [6.07, 6.45) is 19.7. The average molecular weight is 415 g/mol. The summed E-state index contributed by atoms with van der Waals surface area (Å²) in [4.78, 5) is 0. The SMILES string of the molecule is CCCCCCCCCCCCC/C=C/CCCO[C@@H]1[C@H]([C@H](O)CO)OC[C@@H]1O. The third-order valence-electron chi connectivity index (χ3n) is 5.70. The second-order valence-electron chi connectivity index (χ2n) is 8.39. The molecule has 0 aromatic rings. The van der Waals surface area contributed by atoms with Crippen LogP contribution in [0.2, 0.25) is 0 Å². The van der Waals surface area contributed by atoms with Crippen LogP contribution < -0.4 is 0 Å². The molecule has 1 aliphatic rings. The van der Waals surface area contributed by atoms with E-state index in [2.05, 4.69) is 19.1 Å². The zero-order chi connectivity index (χ0) is 21.2. The molecule has 1 saturated heterocycles. The highest BCUT2D eigenvalue weighted by atomic mass is 16.6. The van der Waals surface area contributed by atoms with E-state index in [0.29, 0.717) is 6.61 Å². The predicted octanol–water partition coefficient (Wildman–Crippen LogP) is 4.52. The maximum Gasteiger partial charge on any atom is 0.114 e. The summed E-state index contributed by atoms with van der Waals surface area (Å²) < 4.78 is 11.0. The number of allylic oxidation sites excluding steroid dienone is 2. The molecule has 0 saturated carbocycles. The average Bonchev–Trinajstić information content (AvgIpc) is 3.10. The number of aliphatic hydroxyl groups is 3. The van der Waals surface area contributed by atoms with Gasteiger partial charge in [0.2, 0.25) is 0 Å². The summed E-state index contributed by atoms with van der Waals surface area (Å²) in [7, 11) is 0. The molecule has 1 aliphatic heterocycles. The Morgan fingerprint density at radius 3 is 2.03 bits per heavy atom. The molecule has 1 fully saturated rings. The summed E-state index contributed by atoms with van der Waals surface area (Å²) in [6, 6.07) is 0. The normalized spacial score (nSPS) is 23.2. The monoisotopic (exact) mass is 414 g/mol. The Bertz CT molecular complexity index is 387. The van der Waals surface area contributed by atoms with Gasteiger partial charge in [-0.2, -0.15) is 0 Å². The number of hydrogen-bond acceptors (Lipinski definition) is 5. The van der Waals surface area contributed by atoms with Crippen LogP contribution in [0.5, 0.6) is 0 Å². The van der Waals surface area contributed by atoms with Crippen LogP contribution in [0, 0.1) is 0 Å². The topological polar surface area (TPSA) is 79.2 Å². The highest BCUT2D eigenvalue weighted by Crippen LogP contribution is 2.21. The van der Waals surface area contributed by atoms with Crippen LogP contribution >= 0.6 is 0 Å². The van der Waals surface area contributed by atoms with Crippen LogP contribution in [0.25, 0.3) is 0 Å². The first-order valence-corrected chi connectivity index (χ1v) is 12.1. The molecule has 0 bridgehead atoms. The van der Waals surface area contributed by atoms with Gasteiger partial charge in [-0.1, -0.05) is 83.3 Å². The van der Waals surface area contributed by atoms with E-state index in [9.17, 15) is 10.2 Å². The number of hydrogen-bond donors (Lipinski definition) is 3. The Balaban J connectivity index is 1.88. The molecule has 0 amide bonds. The van der Waals surface area contributed by atoms with Crippen LogP contribution in [0.1, 0.15) is 96.8 Å². The molecule has 3 N–H and O–H groups in total. The largest absolute Gasteiger partial charge is 0.394 e. The molecule has 0 aromatic carbocycles. The number of rotatable bonds is 19. The van der Waals surface area contributed by atoms with Gasteiger partial charge in [-0.05, 0) is 25.7 Å². The van der Waals surface area contributed by atoms with Gasteiger partial charge in [-0.3, -0.25) is 0 Å². The van der Waals surface area contributed by atoms with Crippen LogP contribution in [0.15, 0.2) is 12.2 Å². The number of ether oxygens (including phenoxy) is 2. The van der Waals surface area contributed by atoms with Gasteiger partial charge >= 0.3 is 0 Å². The van der Waals surface area contributed by atoms with Crippen LogP contribution in [0.4, 0.5) is 0 Å². The van der Waals surface area contributed by atoms with Crippen LogP contribution in [0.3, 0.4) is 0 Å². The van der Waals surface area contributed by atoms with Gasteiger partial charge in [0, 0.05) is 6.61 Å². The van der Waals surface area contributed by atoms with Crippen molar-refractivity contribution in [2.24, 2.45) is 0 Å². The van der Waals surface area contributed by atoms with Crippen molar-refractivity contribution in [2.75, 3.05) is 19.8 Å². The highest BCUT2D eigenvalue weighted by molar-refractivity contribution is 4.89. The third kappa shape index (κ3) is 12.7. The minimum absolute atomic E-state index is 0.144. The molecule has 0 aliphatic carbocycles. The molecular weight excluding hydrogens is 368 g/mol. The highest BCUT2D eigenvalue weighted by Gasteiger charge is 2.40. The van der Waals surface area contributed by atoms with Gasteiger partial charge in [0.05, 0.1) is 13.2 Å². The summed E-state index contributed by atoms with van der Waals surface area (Å²) in [5.74, 6) is 0. The van der Waals surface area contributed by atoms with Gasteiger partial charge in [-0.15, -0.1) is 0 Å². The number of aliphatic hydroxyl groups excluding tert-OH is 3. The van der Waals surface area contributed by atoms with Crippen molar-refractivity contribution in [3.63, 3.8) is 0 Å². The molecule has 0 aromatic heterocycles. The van der Waals surface area contributed by atoms with Crippen molar-refractivity contribution in [2.45, 2.75) is 121 Å². The molecule has 4 atom stereocenters. The van der Waals surface area contributed by atoms with E-state index < -0.39 is 24.4 Å². The molecule has 172 valence electrons. The van der Waals surface area contributed by atoms with Crippen molar-refractivity contribution in [3.8, 4) is 0 Å². The maximum absolute atomic E-state index is 9.88. The smallest absolute Gasteiger partial charge is 0.114 e. The van der Waals surface area contributed by atoms with Gasteiger partial charge < -0.3 is 24.8 Å². The Labute approximate surface area is 178 Å². The van der Waals surface area contributed by atoms with E-state index in [1.165, 1.54) is 70.6 Å². The molecule has 1 rings (SSSR count). The Hall–Kier alpha value is -0.460. The summed E-state index contributed by atoms with van der Waals surface area (Å²) >= 11 is 0. The molecule has 1 heterocycles. The third-order valence-corrected chi connectivity index (χ3v) is 5.70. The maximum atomic E-state index is 9.88. The van der Waals surface area contributed by atoms with E-state index in [4.69, 9.17) is 14.6 Å². The lowest BCUT2D eigenvalue weighted by molar-refractivity contribution is -0.0935. The van der Waals surface area contributed by atoms with Crippen molar-refractivity contribution >= 4 is 0 Å². The summed E-state index contributed by atoms with van der Waals surface area (Å²) in [6.45, 7) is 2.54. The molecule has 29 heavy (non-hydrogen) atoms. The Morgan fingerprint density at radius 1 is 0.897 bits per heavy atom. The second kappa shape index (κ2) is 18.3. The molecular formula is C24H46O5. The summed E-state index contributed by atoms with van der Waals surface area (Å²) in [5.41, 5.74) is 0. The fourth-order valence-corrected chi connectivity index (χ4v) is 3.84. The second-order valence-corrected chi connectivity index (χ2v) is 8.39. The molecule has 5 nitrogen and oxygen atoms in total. The first-order chi connectivity index (χ1) is 14.2. The molecule has 5 heteroatoms. The van der Waals surface area contributed by atoms with E-state index >= 15 is 0 Å². The van der Waals surface area contributed by atoms with Crippen LogP contribution in [-0.4, -0.2) is 59.6 Å².